The number of amides is 1. The summed E-state index contributed by atoms with van der Waals surface area (Å²) in [6, 6.07) is 8.11. The van der Waals surface area contributed by atoms with Crippen molar-refractivity contribution in [1.29, 1.82) is 0 Å². The van der Waals surface area contributed by atoms with Crippen LogP contribution >= 0.6 is 11.8 Å². The van der Waals surface area contributed by atoms with Crippen LogP contribution in [-0.2, 0) is 22.6 Å². The van der Waals surface area contributed by atoms with Crippen LogP contribution in [-0.4, -0.2) is 56.5 Å². The minimum absolute atomic E-state index is 0.0555. The molecule has 2 heterocycles. The third-order valence-corrected chi connectivity index (χ3v) is 5.26. The molecular formula is C17H23N5O2S. The van der Waals surface area contributed by atoms with Crippen LogP contribution in [0.4, 0.5) is 0 Å². The molecule has 0 N–H and O–H groups in total. The number of aromatic nitrogens is 4. The molecule has 0 bridgehead atoms. The molecule has 7 nitrogen and oxygen atoms in total. The molecule has 1 aromatic carbocycles. The van der Waals surface area contributed by atoms with Crippen molar-refractivity contribution < 1.29 is 9.53 Å². The standard InChI is InChI=1S/C17H23N5O2S/c1-13-6-3-4-7-14(13)10-21(2)16(23)12-25-17-18-19-20-22(17)11-15-8-5-9-24-15/h3-4,6-7,15H,5,8-12H2,1-2H3. The molecule has 3 rings (SSSR count). The zero-order valence-electron chi connectivity index (χ0n) is 14.6. The van der Waals surface area contributed by atoms with Gasteiger partial charge in [0, 0.05) is 20.2 Å². The summed E-state index contributed by atoms with van der Waals surface area (Å²) in [4.78, 5) is 14.2. The van der Waals surface area contributed by atoms with Crippen LogP contribution in [0.3, 0.4) is 0 Å². The lowest BCUT2D eigenvalue weighted by Gasteiger charge is -2.18. The molecule has 1 amide bonds. The normalized spacial score (nSPS) is 17.0. The molecule has 1 aliphatic heterocycles. The van der Waals surface area contributed by atoms with Gasteiger partial charge in [0.1, 0.15) is 0 Å². The maximum Gasteiger partial charge on any atom is 0.233 e. The molecule has 0 radical (unpaired) electrons. The molecular weight excluding hydrogens is 338 g/mol. The summed E-state index contributed by atoms with van der Waals surface area (Å²) in [5, 5.41) is 12.4. The molecule has 1 unspecified atom stereocenters. The second-order valence-corrected chi connectivity index (χ2v) is 7.19. The first-order chi connectivity index (χ1) is 12.1. The summed E-state index contributed by atoms with van der Waals surface area (Å²) in [5.41, 5.74) is 2.35. The smallest absolute Gasteiger partial charge is 0.233 e. The third-order valence-electron chi connectivity index (χ3n) is 4.32. The quantitative estimate of drug-likeness (QED) is 0.702. The number of benzene rings is 1. The number of rotatable bonds is 7. The highest BCUT2D eigenvalue weighted by molar-refractivity contribution is 7.99. The van der Waals surface area contributed by atoms with Crippen molar-refractivity contribution in [2.45, 2.75) is 44.1 Å². The van der Waals surface area contributed by atoms with E-state index in [1.807, 2.05) is 19.2 Å². The molecule has 0 aliphatic carbocycles. The molecule has 1 saturated heterocycles. The maximum atomic E-state index is 12.4. The van der Waals surface area contributed by atoms with Crippen LogP contribution in [0.25, 0.3) is 0 Å². The molecule has 2 aromatic rings. The van der Waals surface area contributed by atoms with Crippen molar-refractivity contribution in [3.8, 4) is 0 Å². The minimum Gasteiger partial charge on any atom is -0.376 e. The average molecular weight is 361 g/mol. The lowest BCUT2D eigenvalue weighted by atomic mass is 10.1. The van der Waals surface area contributed by atoms with E-state index in [2.05, 4.69) is 34.6 Å². The Bertz CT molecular complexity index is 715. The summed E-state index contributed by atoms with van der Waals surface area (Å²) in [7, 11) is 1.82. The summed E-state index contributed by atoms with van der Waals surface area (Å²) in [6.45, 7) is 4.11. The van der Waals surface area contributed by atoms with Gasteiger partial charge in [-0.1, -0.05) is 36.0 Å². The first kappa shape index (κ1) is 17.9. The van der Waals surface area contributed by atoms with Gasteiger partial charge >= 0.3 is 0 Å². The second kappa shape index (κ2) is 8.44. The van der Waals surface area contributed by atoms with Gasteiger partial charge in [0.05, 0.1) is 18.4 Å². The number of hydrogen-bond donors (Lipinski definition) is 0. The highest BCUT2D eigenvalue weighted by Gasteiger charge is 2.20. The molecule has 0 spiro atoms. The molecule has 1 atom stereocenters. The highest BCUT2D eigenvalue weighted by atomic mass is 32.2. The Morgan fingerprint density at radius 1 is 1.44 bits per heavy atom. The lowest BCUT2D eigenvalue weighted by Crippen LogP contribution is -2.28. The number of hydrogen-bond acceptors (Lipinski definition) is 6. The number of carbonyl (C=O) groups is 1. The van der Waals surface area contributed by atoms with Gasteiger partial charge in [-0.3, -0.25) is 4.79 Å². The Morgan fingerprint density at radius 2 is 2.28 bits per heavy atom. The van der Waals surface area contributed by atoms with Crippen LogP contribution in [0.5, 0.6) is 0 Å². The summed E-state index contributed by atoms with van der Waals surface area (Å²) in [6.07, 6.45) is 2.28. The third kappa shape index (κ3) is 4.79. The number of carbonyl (C=O) groups excluding carboxylic acids is 1. The van der Waals surface area contributed by atoms with Crippen molar-refractivity contribution in [2.75, 3.05) is 19.4 Å². The van der Waals surface area contributed by atoms with E-state index in [9.17, 15) is 4.79 Å². The number of thioether (sulfide) groups is 1. The van der Waals surface area contributed by atoms with Gasteiger partial charge in [-0.15, -0.1) is 5.10 Å². The van der Waals surface area contributed by atoms with E-state index in [4.69, 9.17) is 4.74 Å². The zero-order chi connectivity index (χ0) is 17.6. The Kier molecular flexibility index (Phi) is 6.04. The van der Waals surface area contributed by atoms with Crippen LogP contribution in [0.2, 0.25) is 0 Å². The summed E-state index contributed by atoms with van der Waals surface area (Å²) < 4.78 is 7.35. The van der Waals surface area contributed by atoms with Crippen molar-refractivity contribution in [1.82, 2.24) is 25.1 Å². The van der Waals surface area contributed by atoms with Gasteiger partial charge in [0.2, 0.25) is 11.1 Å². The molecule has 8 heteroatoms. The number of tetrazole rings is 1. The monoisotopic (exact) mass is 361 g/mol. The molecule has 0 saturated carbocycles. The fourth-order valence-electron chi connectivity index (χ4n) is 2.76. The van der Waals surface area contributed by atoms with Crippen molar-refractivity contribution in [2.24, 2.45) is 0 Å². The Labute approximate surface area is 151 Å². The lowest BCUT2D eigenvalue weighted by molar-refractivity contribution is -0.127. The number of aryl methyl sites for hydroxylation is 1. The van der Waals surface area contributed by atoms with Crippen LogP contribution in [0.1, 0.15) is 24.0 Å². The predicted octanol–water partition coefficient (Wildman–Crippen LogP) is 1.91. The Balaban J connectivity index is 1.52. The Morgan fingerprint density at radius 3 is 3.04 bits per heavy atom. The number of nitrogens with zero attached hydrogens (tertiary/aromatic N) is 5. The SMILES string of the molecule is Cc1ccccc1CN(C)C(=O)CSc1nnnn1CC1CCCO1. The van der Waals surface area contributed by atoms with Crippen molar-refractivity contribution in [3.63, 3.8) is 0 Å². The molecule has 1 fully saturated rings. The molecule has 1 aliphatic rings. The topological polar surface area (TPSA) is 73.1 Å². The van der Waals surface area contributed by atoms with E-state index in [1.54, 1.807) is 9.58 Å². The van der Waals surface area contributed by atoms with Crippen molar-refractivity contribution in [3.05, 3.63) is 35.4 Å². The molecule has 134 valence electrons. The van der Waals surface area contributed by atoms with Crippen LogP contribution in [0.15, 0.2) is 29.4 Å². The van der Waals surface area contributed by atoms with Gasteiger partial charge in [-0.2, -0.15) is 0 Å². The van der Waals surface area contributed by atoms with Crippen LogP contribution in [0, 0.1) is 6.92 Å². The first-order valence-corrected chi connectivity index (χ1v) is 9.41. The summed E-state index contributed by atoms with van der Waals surface area (Å²) >= 11 is 1.37. The zero-order valence-corrected chi connectivity index (χ0v) is 15.4. The minimum atomic E-state index is 0.0555. The van der Waals surface area contributed by atoms with Gasteiger partial charge in [-0.25, -0.2) is 4.68 Å². The first-order valence-electron chi connectivity index (χ1n) is 8.42. The highest BCUT2D eigenvalue weighted by Crippen LogP contribution is 2.19. The van der Waals surface area contributed by atoms with Gasteiger partial charge in [-0.05, 0) is 41.3 Å². The fourth-order valence-corrected chi connectivity index (χ4v) is 3.59. The second-order valence-electron chi connectivity index (χ2n) is 6.24. The van der Waals surface area contributed by atoms with E-state index < -0.39 is 0 Å². The van der Waals surface area contributed by atoms with Crippen molar-refractivity contribution >= 4 is 17.7 Å². The van der Waals surface area contributed by atoms with Gasteiger partial charge in [0.15, 0.2) is 0 Å². The predicted molar refractivity (Wildman–Crippen MR) is 95.2 cm³/mol. The Hall–Kier alpha value is -1.93. The van der Waals surface area contributed by atoms with Gasteiger partial charge in [0.25, 0.3) is 0 Å². The van der Waals surface area contributed by atoms with Gasteiger partial charge < -0.3 is 9.64 Å². The molecule has 1 aromatic heterocycles. The summed E-state index contributed by atoms with van der Waals surface area (Å²) in [5.74, 6) is 0.369. The van der Waals surface area contributed by atoms with E-state index >= 15 is 0 Å². The largest absolute Gasteiger partial charge is 0.376 e. The van der Waals surface area contributed by atoms with E-state index in [-0.39, 0.29) is 12.0 Å². The average Bonchev–Trinajstić information content (AvgIpc) is 3.27. The number of ether oxygens (including phenoxy) is 1. The van der Waals surface area contributed by atoms with E-state index in [0.717, 1.165) is 25.0 Å². The fraction of sp³-hybridized carbons (Fsp3) is 0.529. The maximum absolute atomic E-state index is 12.4. The van der Waals surface area contributed by atoms with Crippen LogP contribution < -0.4 is 0 Å². The van der Waals surface area contributed by atoms with E-state index in [0.29, 0.717) is 24.0 Å². The molecule has 25 heavy (non-hydrogen) atoms. The van der Waals surface area contributed by atoms with E-state index in [1.165, 1.54) is 17.3 Å².